The summed E-state index contributed by atoms with van der Waals surface area (Å²) in [6.07, 6.45) is 39.4. The van der Waals surface area contributed by atoms with Crippen molar-refractivity contribution in [2.75, 3.05) is 65.8 Å². The number of alkyl carbamates (subject to hydrolysis) is 1. The minimum atomic E-state index is -9.19. The van der Waals surface area contributed by atoms with Crippen molar-refractivity contribution in [1.82, 2.24) is 20.9 Å². The summed E-state index contributed by atoms with van der Waals surface area (Å²) in [4.78, 5) is 101. The van der Waals surface area contributed by atoms with Crippen molar-refractivity contribution in [2.45, 2.75) is 284 Å². The number of carbonyl (C=O) groups is 8. The Kier molecular flexibility index (Phi) is 69.4. The average Bonchev–Trinajstić information content (AvgIpc) is 0.735. The number of halogens is 8. The monoisotopic (exact) mass is 2380 g/mol. The Balaban J connectivity index is 0.000000552. The van der Waals surface area contributed by atoms with Crippen molar-refractivity contribution >= 4 is 96.3 Å². The molecule has 0 spiro atoms. The van der Waals surface area contributed by atoms with E-state index in [0.717, 1.165) is 120 Å². The average molecular weight is 2380 g/mol. The molecular weight excluding hydrogens is 2220 g/mol. The molecule has 147 heavy (non-hydrogen) atoms. The van der Waals surface area contributed by atoms with Crippen LogP contribution in [0.25, 0.3) is 0 Å². The third-order valence-corrected chi connectivity index (χ3v) is 29.6. The number of imide groups is 1. The summed E-state index contributed by atoms with van der Waals surface area (Å²) in [7, 11) is 0. The van der Waals surface area contributed by atoms with E-state index in [9.17, 15) is 52.4 Å². The van der Waals surface area contributed by atoms with Crippen LogP contribution in [0, 0.1) is 19.7 Å². The zero-order chi connectivity index (χ0) is 106. The number of nitrogens with one attached hydrogen (secondary N) is 3. The number of rotatable bonds is 71. The molecule has 2 atom stereocenters. The number of nitrogens with zero attached hydrogens (tertiary/aromatic N) is 1. The van der Waals surface area contributed by atoms with Crippen LogP contribution >= 0.6 is 0 Å². The molecule has 0 aromatic heterocycles. The third-order valence-electron chi connectivity index (χ3n) is 24.3. The maximum Gasteiger partial charge on any atom is 0.108 e. The van der Waals surface area contributed by atoms with Gasteiger partial charge < -0.3 is 49.1 Å². The molecule has 0 aliphatic rings. The van der Waals surface area contributed by atoms with E-state index >= 15 is 0 Å². The van der Waals surface area contributed by atoms with Crippen LogP contribution in [0.15, 0.2) is 268 Å². The van der Waals surface area contributed by atoms with Gasteiger partial charge in [-0.3, -0.25) is 4.79 Å². The zero-order valence-electron chi connectivity index (χ0n) is 86.9. The van der Waals surface area contributed by atoms with Crippen LogP contribution < -0.4 is 94.4 Å². The Labute approximate surface area is 896 Å². The summed E-state index contributed by atoms with van der Waals surface area (Å²) < 4.78 is 99.8. The second-order valence-corrected chi connectivity index (χ2v) is 46.1. The van der Waals surface area contributed by atoms with Gasteiger partial charge in [0.05, 0.1) is 0 Å². The van der Waals surface area contributed by atoms with Gasteiger partial charge in [-0.05, 0) is 81.3 Å². The summed E-state index contributed by atoms with van der Waals surface area (Å²) in [6.45, 7) is 19.2. The van der Waals surface area contributed by atoms with E-state index in [1.165, 1.54) is 150 Å². The molecule has 0 fully saturated rings. The van der Waals surface area contributed by atoms with Gasteiger partial charge in [-0.25, -0.2) is 33.7 Å². The van der Waals surface area contributed by atoms with E-state index in [4.69, 9.17) is 37.9 Å². The Morgan fingerprint density at radius 3 is 1.05 bits per heavy atom. The van der Waals surface area contributed by atoms with Crippen molar-refractivity contribution in [3.63, 3.8) is 0 Å². The van der Waals surface area contributed by atoms with Crippen molar-refractivity contribution < 1.29 is 137 Å². The summed E-state index contributed by atoms with van der Waals surface area (Å²) in [5, 5.41) is 8.76. The molecule has 0 aliphatic heterocycles. The number of esters is 5. The third kappa shape index (κ3) is 60.3. The Hall–Kier alpha value is -10.1. The molecule has 8 aromatic rings. The quantitative estimate of drug-likeness (QED) is 0.00609. The molecular formula is C117H160BF6I2N4O16Sb-2. The SMILES string of the molecule is C=CC(=O)OCC(COC(=O)C=C)(COC(=O)C=C)COC(=O)CCCCCCCNC(=O)N(CCCCCCNC(=O)OC(CCCCCCCCCCCC)COc1ccc([I+]c2ccccc2)cc1)C(=O)NCCCCCCC.CCCCCCCCCCCCC(COc1ccc([I-]c2ccccc2)cc1)OC(=O)CC.[F-].[F][Sb]([F])([F])([F])[F].c1ccc([B-](c2ccccc2)(c2ccccc2)c2ccccc2)cc1. The van der Waals surface area contributed by atoms with Gasteiger partial charge in [0.1, 0.15) is 56.4 Å². The number of amides is 5. The van der Waals surface area contributed by atoms with E-state index in [-0.39, 0.29) is 91.5 Å². The fourth-order valence-corrected chi connectivity index (χ4v) is 20.7. The molecule has 0 heterocycles. The Morgan fingerprint density at radius 1 is 0.367 bits per heavy atom. The second-order valence-electron chi connectivity index (χ2n) is 36.4. The molecule has 3 N–H and O–H groups in total. The Bertz CT molecular complexity index is 4660. The van der Waals surface area contributed by atoms with Gasteiger partial charge in [-0.2, -0.15) is 21.9 Å². The van der Waals surface area contributed by atoms with Gasteiger partial charge in [0, 0.05) is 50.8 Å². The summed E-state index contributed by atoms with van der Waals surface area (Å²) >= 11 is -9.63. The van der Waals surface area contributed by atoms with Crippen LogP contribution in [0.3, 0.4) is 0 Å². The van der Waals surface area contributed by atoms with E-state index in [0.29, 0.717) is 64.8 Å². The van der Waals surface area contributed by atoms with E-state index in [1.54, 1.807) is 0 Å². The van der Waals surface area contributed by atoms with Crippen LogP contribution in [-0.2, 0) is 52.4 Å². The van der Waals surface area contributed by atoms with E-state index in [1.807, 2.05) is 37.3 Å². The minimum Gasteiger partial charge on any atom is -0.195 e. The molecule has 0 saturated heterocycles. The smallest absolute Gasteiger partial charge is 0.108 e. The predicted molar refractivity (Wildman–Crippen MR) is 570 cm³/mol. The van der Waals surface area contributed by atoms with Crippen molar-refractivity contribution in [3.8, 4) is 11.5 Å². The topological polar surface area (TPSA) is 250 Å². The molecule has 8 rings (SSSR count). The van der Waals surface area contributed by atoms with Gasteiger partial charge in [-0.15, -0.1) is 0 Å². The minimum absolute atomic E-state index is 0. The number of unbranched alkanes of at least 4 members (excludes halogenated alkanes) is 29. The molecule has 20 nitrogen and oxygen atoms in total. The number of urea groups is 2. The van der Waals surface area contributed by atoms with Gasteiger partial charge in [0.2, 0.25) is 0 Å². The van der Waals surface area contributed by atoms with Crippen molar-refractivity contribution in [3.05, 3.63) is 283 Å². The fourth-order valence-electron chi connectivity index (χ4n) is 16.3. The van der Waals surface area contributed by atoms with Crippen LogP contribution in [-0.4, -0.2) is 157 Å². The van der Waals surface area contributed by atoms with E-state index < -0.39 is 93.7 Å². The predicted octanol–water partition coefficient (Wildman–Crippen LogP) is 16.5. The largest absolute Gasteiger partial charge is 0.195 e. The standard InChI is InChI=1S/C64H97IN4O13.C29H42IO3.C24H20B.6FH.Sb/c1-6-11-13-15-16-17-18-19-21-30-38-56(48-77-55-42-40-54(41-43-55)65-53-36-28-27-29-37-53)82-63(76)68-46-34-25-26-35-47-69(61(74)66-44-32-23-14-12-7-2)62(75)67-45-33-24-20-22-31-39-60(73)81-52-64(49-78-57(70)8-3,50-79-58(71)9-4)51-80-59(72)10-5;1-3-5-6-7-8-9-10-11-12-16-19-28(33-29(31)4-2)24-32-27-22-20-26(21-23-27)30-25-17-14-13-15-18-25;1-5-13-21(14-6-1)25(22-15-7-2-8-16-22,23-17-9-3-10-18-23)24-19-11-4-12-20-24;;;;;;;/h8-10,27-29,36-37,40-43,56H,3-7,11-26,30-35,38-39,44-52H2,1-2H3,(H2-,66,67,68,74,75,76);13-15,17-18,20-23,28H,3-12,16,19,24H2,1-2H3;1-20H;6*1H;/q;2*-1;;;;;;;+5/p-5. The molecule has 0 aliphatic carbocycles. The van der Waals surface area contributed by atoms with Gasteiger partial charge in [0.25, 0.3) is 0 Å². The first-order valence-corrected chi connectivity index (χ1v) is 61.7. The van der Waals surface area contributed by atoms with Crippen LogP contribution in [0.4, 0.5) is 28.4 Å². The first kappa shape index (κ1) is 129. The van der Waals surface area contributed by atoms with Crippen LogP contribution in [0.1, 0.15) is 272 Å². The van der Waals surface area contributed by atoms with E-state index in [2.05, 4.69) is 257 Å². The molecule has 0 bridgehead atoms. The van der Waals surface area contributed by atoms with Crippen molar-refractivity contribution in [2.24, 2.45) is 5.41 Å². The summed E-state index contributed by atoms with van der Waals surface area (Å²) in [6, 6.07) is 80.4. The molecule has 30 heteroatoms. The molecule has 0 saturated carbocycles. The molecule has 5 amide bonds. The van der Waals surface area contributed by atoms with Crippen LogP contribution in [0.2, 0.25) is 0 Å². The number of benzene rings is 8. The zero-order valence-corrected chi connectivity index (χ0v) is 93.8. The number of carbonyl (C=O) groups excluding carboxylic acids is 8. The van der Waals surface area contributed by atoms with Crippen LogP contribution in [0.5, 0.6) is 11.5 Å². The van der Waals surface area contributed by atoms with Crippen molar-refractivity contribution in [1.29, 1.82) is 0 Å². The molecule has 8 aromatic carbocycles. The normalized spacial score (nSPS) is 11.7. The van der Waals surface area contributed by atoms with Gasteiger partial charge in [0.15, 0.2) is 7.14 Å². The summed E-state index contributed by atoms with van der Waals surface area (Å²) in [5.74, 6) is -1.42. The fraction of sp³-hybridized carbons (Fsp3) is 0.470. The molecule has 0 radical (unpaired) electrons. The second kappa shape index (κ2) is 79.0. The molecule has 810 valence electrons. The first-order chi connectivity index (χ1) is 70.7. The molecule has 2 unspecified atom stereocenters. The summed E-state index contributed by atoms with van der Waals surface area (Å²) in [5.41, 5.74) is 3.94. The first-order valence-electron chi connectivity index (χ1n) is 52.6. The van der Waals surface area contributed by atoms with Gasteiger partial charge >= 0.3 is 265 Å². The number of hydrogen-bond donors (Lipinski definition) is 3. The maximum absolute atomic E-state index is 13.4. The number of ether oxygens (including phenoxy) is 8. The van der Waals surface area contributed by atoms with Gasteiger partial charge in [-0.1, -0.05) is 334 Å². The number of hydrogen-bond acceptors (Lipinski definition) is 16. The Morgan fingerprint density at radius 2 is 0.673 bits per heavy atom. The maximum atomic E-state index is 13.4.